The third-order valence-electron chi connectivity index (χ3n) is 3.85. The summed E-state index contributed by atoms with van der Waals surface area (Å²) in [5, 5.41) is 14.7. The molecule has 2 amide bonds. The van der Waals surface area contributed by atoms with E-state index in [1.807, 2.05) is 0 Å². The third-order valence-corrected chi connectivity index (χ3v) is 4.54. The summed E-state index contributed by atoms with van der Waals surface area (Å²) >= 11 is 3.19. The van der Waals surface area contributed by atoms with E-state index in [0.29, 0.717) is 21.5 Å². The maximum absolute atomic E-state index is 13.3. The van der Waals surface area contributed by atoms with E-state index < -0.39 is 11.7 Å². The van der Waals surface area contributed by atoms with Crippen molar-refractivity contribution in [1.82, 2.24) is 15.3 Å². The summed E-state index contributed by atoms with van der Waals surface area (Å²) < 4.78 is 13.7. The number of nitrogens with zero attached hydrogens (tertiary/aromatic N) is 2. The smallest absolute Gasteiger partial charge is 0.252 e. The van der Waals surface area contributed by atoms with Gasteiger partial charge in [-0.25, -0.2) is 14.4 Å². The number of phenols is 1. The average molecular weight is 459 g/mol. The molecule has 7 nitrogen and oxygen atoms in total. The minimum absolute atomic E-state index is 0.0208. The first-order chi connectivity index (χ1) is 13.9. The quantitative estimate of drug-likeness (QED) is 0.524. The molecule has 0 fully saturated rings. The van der Waals surface area contributed by atoms with Crippen molar-refractivity contribution < 1.29 is 19.1 Å². The fourth-order valence-electron chi connectivity index (χ4n) is 2.47. The van der Waals surface area contributed by atoms with Gasteiger partial charge in [0.05, 0.1) is 23.6 Å². The topological polar surface area (TPSA) is 104 Å². The molecule has 0 saturated heterocycles. The Morgan fingerprint density at radius 2 is 1.86 bits per heavy atom. The highest BCUT2D eigenvalue weighted by Crippen LogP contribution is 2.20. The van der Waals surface area contributed by atoms with E-state index in [-0.39, 0.29) is 30.2 Å². The van der Waals surface area contributed by atoms with Gasteiger partial charge in [0, 0.05) is 23.0 Å². The highest BCUT2D eigenvalue weighted by Gasteiger charge is 2.12. The number of anilines is 1. The van der Waals surface area contributed by atoms with Crippen LogP contribution < -0.4 is 10.6 Å². The summed E-state index contributed by atoms with van der Waals surface area (Å²) in [6, 6.07) is 10.3. The summed E-state index contributed by atoms with van der Waals surface area (Å²) in [6.45, 7) is 0.0792. The molecule has 0 atom stereocenters. The second kappa shape index (κ2) is 9.24. The second-order valence-electron chi connectivity index (χ2n) is 6.02. The Balaban J connectivity index is 1.50. The Morgan fingerprint density at radius 3 is 2.59 bits per heavy atom. The summed E-state index contributed by atoms with van der Waals surface area (Å²) in [7, 11) is 0. The molecule has 0 aliphatic heterocycles. The lowest BCUT2D eigenvalue weighted by Crippen LogP contribution is -2.28. The normalized spacial score (nSPS) is 10.4. The van der Waals surface area contributed by atoms with Gasteiger partial charge in [-0.3, -0.25) is 9.59 Å². The molecule has 3 aromatic rings. The highest BCUT2D eigenvalue weighted by atomic mass is 79.9. The average Bonchev–Trinajstić information content (AvgIpc) is 2.70. The van der Waals surface area contributed by atoms with Crippen LogP contribution in [0.3, 0.4) is 0 Å². The standard InChI is InChI=1S/C20H16BrFN4O3/c21-17-5-4-13(22)9-16(17)20(29)23-7-6-18(28)26-14-10-24-19(25-11-14)12-2-1-3-15(27)8-12/h1-5,8-11,27H,6-7H2,(H,23,29)(H,26,28). The summed E-state index contributed by atoms with van der Waals surface area (Å²) in [5.41, 5.74) is 1.20. The van der Waals surface area contributed by atoms with Crippen molar-refractivity contribution in [2.24, 2.45) is 0 Å². The van der Waals surface area contributed by atoms with Crippen molar-refractivity contribution in [3.63, 3.8) is 0 Å². The molecule has 0 aliphatic carbocycles. The zero-order valence-corrected chi connectivity index (χ0v) is 16.6. The predicted octanol–water partition coefficient (Wildman–Crippen LogP) is 3.51. The van der Waals surface area contributed by atoms with Gasteiger partial charge < -0.3 is 15.7 Å². The van der Waals surface area contributed by atoms with Gasteiger partial charge in [-0.1, -0.05) is 12.1 Å². The molecule has 0 spiro atoms. The predicted molar refractivity (Wildman–Crippen MR) is 109 cm³/mol. The molecule has 9 heteroatoms. The molecule has 1 heterocycles. The number of nitrogens with one attached hydrogen (secondary N) is 2. The molecule has 2 aromatic carbocycles. The lowest BCUT2D eigenvalue weighted by Gasteiger charge is -2.08. The van der Waals surface area contributed by atoms with E-state index in [2.05, 4.69) is 36.5 Å². The van der Waals surface area contributed by atoms with E-state index in [0.717, 1.165) is 6.07 Å². The van der Waals surface area contributed by atoms with Crippen LogP contribution in [0.15, 0.2) is 59.3 Å². The maximum Gasteiger partial charge on any atom is 0.252 e. The van der Waals surface area contributed by atoms with E-state index >= 15 is 0 Å². The van der Waals surface area contributed by atoms with Gasteiger partial charge in [0.25, 0.3) is 5.91 Å². The van der Waals surface area contributed by atoms with Crippen molar-refractivity contribution in [1.29, 1.82) is 0 Å². The lowest BCUT2D eigenvalue weighted by molar-refractivity contribution is -0.116. The minimum atomic E-state index is -0.523. The number of aromatic hydroxyl groups is 1. The molecule has 1 aromatic heterocycles. The SMILES string of the molecule is O=C(CCNC(=O)c1cc(F)ccc1Br)Nc1cnc(-c2cccc(O)c2)nc1. The number of aromatic nitrogens is 2. The van der Waals surface area contributed by atoms with E-state index in [4.69, 9.17) is 0 Å². The zero-order chi connectivity index (χ0) is 20.8. The van der Waals surface area contributed by atoms with Crippen LogP contribution in [-0.2, 0) is 4.79 Å². The summed E-state index contributed by atoms with van der Waals surface area (Å²) in [4.78, 5) is 32.4. The first kappa shape index (κ1) is 20.4. The van der Waals surface area contributed by atoms with Gasteiger partial charge in [-0.15, -0.1) is 0 Å². The molecule has 3 N–H and O–H groups in total. The Kier molecular flexibility index (Phi) is 6.50. The first-order valence-corrected chi connectivity index (χ1v) is 9.36. The minimum Gasteiger partial charge on any atom is -0.508 e. The molecule has 0 saturated carbocycles. The number of hydrogen-bond acceptors (Lipinski definition) is 5. The maximum atomic E-state index is 13.3. The van der Waals surface area contributed by atoms with Crippen molar-refractivity contribution in [2.45, 2.75) is 6.42 Å². The van der Waals surface area contributed by atoms with Crippen LogP contribution >= 0.6 is 15.9 Å². The Morgan fingerprint density at radius 1 is 1.10 bits per heavy atom. The molecular formula is C20H16BrFN4O3. The van der Waals surface area contributed by atoms with E-state index in [1.54, 1.807) is 18.2 Å². The first-order valence-electron chi connectivity index (χ1n) is 8.57. The number of rotatable bonds is 6. The monoisotopic (exact) mass is 458 g/mol. The van der Waals surface area contributed by atoms with Crippen molar-refractivity contribution in [2.75, 3.05) is 11.9 Å². The molecule has 0 unspecified atom stereocenters. The third kappa shape index (κ3) is 5.58. The number of phenolic OH excluding ortho intramolecular Hbond substituents is 1. The zero-order valence-electron chi connectivity index (χ0n) is 15.0. The van der Waals surface area contributed by atoms with Crippen molar-refractivity contribution in [3.8, 4) is 17.1 Å². The second-order valence-corrected chi connectivity index (χ2v) is 6.88. The molecule has 0 radical (unpaired) electrons. The molecule has 29 heavy (non-hydrogen) atoms. The summed E-state index contributed by atoms with van der Waals surface area (Å²) in [6.07, 6.45) is 2.92. The van der Waals surface area contributed by atoms with Gasteiger partial charge in [0.15, 0.2) is 5.82 Å². The summed E-state index contributed by atoms with van der Waals surface area (Å²) in [5.74, 6) is -0.826. The van der Waals surface area contributed by atoms with E-state index in [9.17, 15) is 19.1 Å². The lowest BCUT2D eigenvalue weighted by atomic mass is 10.2. The van der Waals surface area contributed by atoms with Crippen LogP contribution in [0.1, 0.15) is 16.8 Å². The Labute approximate surface area is 174 Å². The number of halogens is 2. The van der Waals surface area contributed by atoms with Gasteiger partial charge in [-0.05, 0) is 46.3 Å². The largest absolute Gasteiger partial charge is 0.508 e. The van der Waals surface area contributed by atoms with Crippen molar-refractivity contribution in [3.05, 3.63) is 70.7 Å². The number of carbonyl (C=O) groups excluding carboxylic acids is 2. The molecular weight excluding hydrogens is 443 g/mol. The molecule has 0 bridgehead atoms. The van der Waals surface area contributed by atoms with Gasteiger partial charge in [-0.2, -0.15) is 0 Å². The Hall–Kier alpha value is -3.33. The van der Waals surface area contributed by atoms with Crippen LogP contribution in [0.25, 0.3) is 11.4 Å². The van der Waals surface area contributed by atoms with Crippen LogP contribution in [0.5, 0.6) is 5.75 Å². The molecule has 3 rings (SSSR count). The molecule has 0 aliphatic rings. The number of amides is 2. The van der Waals surface area contributed by atoms with Gasteiger partial charge >= 0.3 is 0 Å². The highest BCUT2D eigenvalue weighted by molar-refractivity contribution is 9.10. The molecule has 148 valence electrons. The fraction of sp³-hybridized carbons (Fsp3) is 0.100. The van der Waals surface area contributed by atoms with Crippen LogP contribution in [0.4, 0.5) is 10.1 Å². The van der Waals surface area contributed by atoms with Crippen LogP contribution in [-0.4, -0.2) is 33.4 Å². The van der Waals surface area contributed by atoms with Gasteiger partial charge in [0.1, 0.15) is 11.6 Å². The van der Waals surface area contributed by atoms with E-state index in [1.165, 1.54) is 30.6 Å². The van der Waals surface area contributed by atoms with Crippen LogP contribution in [0, 0.1) is 5.82 Å². The van der Waals surface area contributed by atoms with Crippen LogP contribution in [0.2, 0.25) is 0 Å². The number of hydrogen-bond donors (Lipinski definition) is 3. The number of carbonyl (C=O) groups is 2. The van der Waals surface area contributed by atoms with Gasteiger partial charge in [0.2, 0.25) is 5.91 Å². The van der Waals surface area contributed by atoms with Crippen molar-refractivity contribution >= 4 is 33.4 Å². The fourth-order valence-corrected chi connectivity index (χ4v) is 2.89. The Bertz CT molecular complexity index is 1040. The number of benzene rings is 2.